The van der Waals surface area contributed by atoms with Crippen molar-refractivity contribution in [3.63, 3.8) is 0 Å². The minimum atomic E-state index is -0.394. The molecule has 0 unspecified atom stereocenters. The van der Waals surface area contributed by atoms with Crippen molar-refractivity contribution in [2.24, 2.45) is 10.7 Å². The van der Waals surface area contributed by atoms with Gasteiger partial charge in [0.1, 0.15) is 5.82 Å². The lowest BCUT2D eigenvalue weighted by Gasteiger charge is -2.16. The van der Waals surface area contributed by atoms with Gasteiger partial charge in [-0.15, -0.1) is 0 Å². The predicted octanol–water partition coefficient (Wildman–Crippen LogP) is 2.45. The van der Waals surface area contributed by atoms with Crippen molar-refractivity contribution in [3.05, 3.63) is 35.1 Å². The molecule has 0 amide bonds. The van der Waals surface area contributed by atoms with E-state index in [1.807, 2.05) is 0 Å². The summed E-state index contributed by atoms with van der Waals surface area (Å²) in [5.74, 6) is 0.0477. The highest BCUT2D eigenvalue weighted by Crippen LogP contribution is 2.17. The van der Waals surface area contributed by atoms with Gasteiger partial charge in [-0.05, 0) is 30.5 Å². The number of nitrogens with one attached hydrogen (secondary N) is 1. The van der Waals surface area contributed by atoms with Crippen LogP contribution >= 0.6 is 0 Å². The summed E-state index contributed by atoms with van der Waals surface area (Å²) >= 11 is 0. The molecule has 21 heavy (non-hydrogen) atoms. The molecule has 0 aliphatic heterocycles. The molecular formula is C16H24FN3O. The van der Waals surface area contributed by atoms with Crippen LogP contribution < -0.4 is 11.1 Å². The molecule has 0 atom stereocenters. The number of aliphatic imine (C=N–C) groups is 1. The third kappa shape index (κ3) is 5.01. The molecule has 0 spiro atoms. The average Bonchev–Trinajstić information content (AvgIpc) is 2.75. The lowest BCUT2D eigenvalue weighted by molar-refractivity contribution is 0.275. The Morgan fingerprint density at radius 3 is 2.67 bits per heavy atom. The number of guanidine groups is 1. The molecule has 4 nitrogen and oxygen atoms in total. The van der Waals surface area contributed by atoms with Crippen LogP contribution in [0, 0.1) is 5.82 Å². The van der Waals surface area contributed by atoms with Crippen molar-refractivity contribution in [2.75, 3.05) is 0 Å². The Kier molecular flexibility index (Phi) is 5.99. The Labute approximate surface area is 125 Å². The Morgan fingerprint density at radius 1 is 1.29 bits per heavy atom. The maximum absolute atomic E-state index is 13.3. The molecule has 2 rings (SSSR count). The minimum Gasteiger partial charge on any atom is -0.392 e. The normalized spacial score (nSPS) is 17.5. The largest absolute Gasteiger partial charge is 0.392 e. The minimum absolute atomic E-state index is 0.290. The van der Waals surface area contributed by atoms with Crippen LogP contribution in [0.5, 0.6) is 0 Å². The summed E-state index contributed by atoms with van der Waals surface area (Å²) in [6.45, 7) is 0.0814. The van der Waals surface area contributed by atoms with Gasteiger partial charge in [0.2, 0.25) is 0 Å². The molecule has 1 aromatic rings. The zero-order valence-electron chi connectivity index (χ0n) is 12.3. The number of nitrogens with zero attached hydrogens (tertiary/aromatic N) is 1. The third-order valence-electron chi connectivity index (χ3n) is 3.92. The molecule has 0 bridgehead atoms. The number of aliphatic hydroxyl groups is 1. The first-order chi connectivity index (χ1) is 10.2. The van der Waals surface area contributed by atoms with Crippen LogP contribution in [0.25, 0.3) is 0 Å². The van der Waals surface area contributed by atoms with Crippen molar-refractivity contribution in [1.82, 2.24) is 5.32 Å². The van der Waals surface area contributed by atoms with E-state index in [0.717, 1.165) is 18.4 Å². The molecule has 4 N–H and O–H groups in total. The van der Waals surface area contributed by atoms with Gasteiger partial charge in [0.05, 0.1) is 13.2 Å². The fourth-order valence-corrected chi connectivity index (χ4v) is 2.70. The van der Waals surface area contributed by atoms with E-state index in [9.17, 15) is 4.39 Å². The maximum Gasteiger partial charge on any atom is 0.189 e. The second kappa shape index (κ2) is 7.98. The van der Waals surface area contributed by atoms with Crippen molar-refractivity contribution < 1.29 is 9.50 Å². The second-order valence-corrected chi connectivity index (χ2v) is 5.62. The van der Waals surface area contributed by atoms with Crippen LogP contribution in [0.4, 0.5) is 4.39 Å². The van der Waals surface area contributed by atoms with Crippen LogP contribution in [-0.2, 0) is 13.2 Å². The lowest BCUT2D eigenvalue weighted by atomic mass is 10.1. The first-order valence-electron chi connectivity index (χ1n) is 7.63. The maximum atomic E-state index is 13.3. The average molecular weight is 293 g/mol. The number of hydrogen-bond acceptors (Lipinski definition) is 2. The molecule has 0 aromatic heterocycles. The van der Waals surface area contributed by atoms with E-state index >= 15 is 0 Å². The van der Waals surface area contributed by atoms with Crippen LogP contribution in [0.1, 0.15) is 49.7 Å². The summed E-state index contributed by atoms with van der Waals surface area (Å²) < 4.78 is 13.3. The van der Waals surface area contributed by atoms with Crippen LogP contribution in [0.3, 0.4) is 0 Å². The Balaban J connectivity index is 1.90. The van der Waals surface area contributed by atoms with E-state index in [1.165, 1.54) is 31.7 Å². The van der Waals surface area contributed by atoms with Gasteiger partial charge in [-0.2, -0.15) is 0 Å². The van der Waals surface area contributed by atoms with E-state index in [1.54, 1.807) is 12.1 Å². The van der Waals surface area contributed by atoms with Gasteiger partial charge >= 0.3 is 0 Å². The van der Waals surface area contributed by atoms with Crippen molar-refractivity contribution >= 4 is 5.96 Å². The fraction of sp³-hybridized carbons (Fsp3) is 0.562. The summed E-state index contributed by atoms with van der Waals surface area (Å²) in [6, 6.07) is 5.05. The molecule has 5 heteroatoms. The number of halogens is 1. The molecule has 1 fully saturated rings. The van der Waals surface area contributed by atoms with E-state index in [4.69, 9.17) is 10.8 Å². The Hall–Kier alpha value is -1.62. The number of hydrogen-bond donors (Lipinski definition) is 3. The first-order valence-corrected chi connectivity index (χ1v) is 7.63. The second-order valence-electron chi connectivity index (χ2n) is 5.62. The zero-order valence-corrected chi connectivity index (χ0v) is 12.3. The van der Waals surface area contributed by atoms with Crippen LogP contribution in [0.2, 0.25) is 0 Å². The van der Waals surface area contributed by atoms with E-state index in [-0.39, 0.29) is 12.2 Å². The van der Waals surface area contributed by atoms with Gasteiger partial charge in [-0.25, -0.2) is 9.38 Å². The summed E-state index contributed by atoms with van der Waals surface area (Å²) in [4.78, 5) is 4.30. The molecular weight excluding hydrogens is 269 g/mol. The third-order valence-corrected chi connectivity index (χ3v) is 3.92. The molecule has 0 radical (unpaired) electrons. The van der Waals surface area contributed by atoms with Crippen LogP contribution in [-0.4, -0.2) is 17.1 Å². The quantitative estimate of drug-likeness (QED) is 0.453. The van der Waals surface area contributed by atoms with Gasteiger partial charge in [-0.1, -0.05) is 31.7 Å². The van der Waals surface area contributed by atoms with Crippen molar-refractivity contribution in [3.8, 4) is 0 Å². The highest BCUT2D eigenvalue weighted by Gasteiger charge is 2.12. The molecule has 1 aliphatic carbocycles. The number of benzene rings is 1. The van der Waals surface area contributed by atoms with E-state index in [0.29, 0.717) is 18.5 Å². The Morgan fingerprint density at radius 2 is 2.00 bits per heavy atom. The summed E-state index contributed by atoms with van der Waals surface area (Å²) in [5, 5.41) is 12.3. The molecule has 1 aliphatic rings. The molecule has 116 valence electrons. The van der Waals surface area contributed by atoms with Gasteiger partial charge in [-0.3, -0.25) is 0 Å². The van der Waals surface area contributed by atoms with Crippen molar-refractivity contribution in [2.45, 2.75) is 57.7 Å². The van der Waals surface area contributed by atoms with Crippen molar-refractivity contribution in [1.29, 1.82) is 0 Å². The molecule has 0 saturated heterocycles. The van der Waals surface area contributed by atoms with E-state index in [2.05, 4.69) is 10.3 Å². The number of aliphatic hydroxyl groups excluding tert-OH is 1. The highest BCUT2D eigenvalue weighted by atomic mass is 19.1. The van der Waals surface area contributed by atoms with Gasteiger partial charge in [0.15, 0.2) is 5.96 Å². The number of nitrogens with two attached hydrogens (primary N) is 1. The molecule has 1 aromatic carbocycles. The smallest absolute Gasteiger partial charge is 0.189 e. The standard InChI is InChI=1S/C16H24FN3O/c17-15-8-7-12(9-13(15)11-21)10-19-16(18)20-14-5-3-1-2-4-6-14/h7-9,14,21H,1-6,10-11H2,(H3,18,19,20). The molecule has 1 saturated carbocycles. The SMILES string of the molecule is NC(=NCc1ccc(F)c(CO)c1)NC1CCCCCC1. The van der Waals surface area contributed by atoms with Gasteiger partial charge in [0, 0.05) is 11.6 Å². The Bertz CT molecular complexity index is 482. The number of rotatable bonds is 4. The van der Waals surface area contributed by atoms with Crippen LogP contribution in [0.15, 0.2) is 23.2 Å². The summed E-state index contributed by atoms with van der Waals surface area (Å²) in [6.07, 6.45) is 7.36. The van der Waals surface area contributed by atoms with Gasteiger partial charge in [0.25, 0.3) is 0 Å². The molecule has 0 heterocycles. The zero-order chi connectivity index (χ0) is 15.1. The lowest BCUT2D eigenvalue weighted by Crippen LogP contribution is -2.39. The summed E-state index contributed by atoms with van der Waals surface area (Å²) in [5.41, 5.74) is 7.05. The summed E-state index contributed by atoms with van der Waals surface area (Å²) in [7, 11) is 0. The van der Waals surface area contributed by atoms with Gasteiger partial charge < -0.3 is 16.2 Å². The fourth-order valence-electron chi connectivity index (χ4n) is 2.70. The van der Waals surface area contributed by atoms with E-state index < -0.39 is 5.82 Å². The first kappa shape index (κ1) is 15.8. The highest BCUT2D eigenvalue weighted by molar-refractivity contribution is 5.78. The predicted molar refractivity (Wildman–Crippen MR) is 82.3 cm³/mol. The topological polar surface area (TPSA) is 70.6 Å². The monoisotopic (exact) mass is 293 g/mol.